The predicted octanol–water partition coefficient (Wildman–Crippen LogP) is 1.36. The van der Waals surface area contributed by atoms with Crippen LogP contribution in [0.25, 0.3) is 10.8 Å². The molecule has 1 amide bonds. The first-order valence-corrected chi connectivity index (χ1v) is 8.82. The molecule has 146 valence electrons. The van der Waals surface area contributed by atoms with Gasteiger partial charge in [-0.3, -0.25) is 9.59 Å². The van der Waals surface area contributed by atoms with Crippen LogP contribution in [-0.4, -0.2) is 48.0 Å². The van der Waals surface area contributed by atoms with E-state index in [9.17, 15) is 14.4 Å². The second-order valence-corrected chi connectivity index (χ2v) is 6.61. The van der Waals surface area contributed by atoms with Crippen LogP contribution in [0.2, 0.25) is 0 Å². The number of nitrogens with one attached hydrogen (secondary N) is 1. The summed E-state index contributed by atoms with van der Waals surface area (Å²) in [6.45, 7) is 6.43. The Morgan fingerprint density at radius 1 is 1.19 bits per heavy atom. The molecule has 0 radical (unpaired) electrons. The lowest BCUT2D eigenvalue weighted by Crippen LogP contribution is -2.38. The molecule has 1 heterocycles. The van der Waals surface area contributed by atoms with Gasteiger partial charge >= 0.3 is 5.97 Å². The normalized spacial score (nSPS) is 12.2. The monoisotopic (exact) mass is 375 g/mol. The molecule has 0 saturated heterocycles. The quantitative estimate of drug-likeness (QED) is 0.552. The molecule has 0 unspecified atom stereocenters. The summed E-state index contributed by atoms with van der Waals surface area (Å²) in [5, 5.41) is 7.60. The van der Waals surface area contributed by atoms with Gasteiger partial charge in [0, 0.05) is 25.6 Å². The maximum atomic E-state index is 12.6. The summed E-state index contributed by atoms with van der Waals surface area (Å²) in [6, 6.07) is 6.73. The molecule has 1 aromatic heterocycles. The van der Waals surface area contributed by atoms with Gasteiger partial charge in [-0.05, 0) is 18.9 Å². The van der Waals surface area contributed by atoms with Crippen molar-refractivity contribution >= 4 is 22.6 Å². The fraction of sp³-hybridized carbons (Fsp3) is 0.474. The SMILES string of the molecule is COCCNC(=O)[C@@H](C)OC(=O)c1nn(CC(C)C)c(=O)c2ccccc12. The van der Waals surface area contributed by atoms with E-state index in [-0.39, 0.29) is 17.2 Å². The second kappa shape index (κ2) is 9.27. The number of esters is 1. The highest BCUT2D eigenvalue weighted by molar-refractivity contribution is 6.02. The van der Waals surface area contributed by atoms with E-state index < -0.39 is 18.0 Å². The van der Waals surface area contributed by atoms with Crippen molar-refractivity contribution in [2.45, 2.75) is 33.4 Å². The summed E-state index contributed by atoms with van der Waals surface area (Å²) in [7, 11) is 1.53. The van der Waals surface area contributed by atoms with Crippen LogP contribution in [0.5, 0.6) is 0 Å². The zero-order valence-corrected chi connectivity index (χ0v) is 16.0. The number of rotatable bonds is 8. The molecule has 1 N–H and O–H groups in total. The third-order valence-corrected chi connectivity index (χ3v) is 3.86. The van der Waals surface area contributed by atoms with E-state index in [0.717, 1.165) is 0 Å². The summed E-state index contributed by atoms with van der Waals surface area (Å²) >= 11 is 0. The number of amides is 1. The van der Waals surface area contributed by atoms with Crippen LogP contribution in [0.1, 0.15) is 31.3 Å². The molecule has 1 atom stereocenters. The number of aromatic nitrogens is 2. The van der Waals surface area contributed by atoms with Crippen molar-refractivity contribution in [1.82, 2.24) is 15.1 Å². The largest absolute Gasteiger partial charge is 0.448 e. The van der Waals surface area contributed by atoms with E-state index in [1.807, 2.05) is 13.8 Å². The van der Waals surface area contributed by atoms with Crippen molar-refractivity contribution in [2.75, 3.05) is 20.3 Å². The van der Waals surface area contributed by atoms with E-state index in [4.69, 9.17) is 9.47 Å². The molecule has 8 nitrogen and oxygen atoms in total. The van der Waals surface area contributed by atoms with E-state index in [2.05, 4.69) is 10.4 Å². The summed E-state index contributed by atoms with van der Waals surface area (Å²) in [5.41, 5.74) is -0.247. The Bertz CT molecular complexity index is 875. The topological polar surface area (TPSA) is 99.5 Å². The Morgan fingerprint density at radius 3 is 2.48 bits per heavy atom. The third kappa shape index (κ3) is 5.13. The first-order valence-electron chi connectivity index (χ1n) is 8.82. The highest BCUT2D eigenvalue weighted by Gasteiger charge is 2.23. The van der Waals surface area contributed by atoms with Crippen molar-refractivity contribution in [3.8, 4) is 0 Å². The number of benzene rings is 1. The summed E-state index contributed by atoms with van der Waals surface area (Å²) in [4.78, 5) is 37.2. The summed E-state index contributed by atoms with van der Waals surface area (Å²) in [5.74, 6) is -1.01. The zero-order valence-electron chi connectivity index (χ0n) is 16.0. The first kappa shape index (κ1) is 20.6. The highest BCUT2D eigenvalue weighted by atomic mass is 16.5. The minimum Gasteiger partial charge on any atom is -0.448 e. The number of carbonyl (C=O) groups excluding carboxylic acids is 2. The highest BCUT2D eigenvalue weighted by Crippen LogP contribution is 2.15. The number of methoxy groups -OCH3 is 1. The van der Waals surface area contributed by atoms with Gasteiger partial charge in [-0.15, -0.1) is 0 Å². The van der Waals surface area contributed by atoms with Gasteiger partial charge < -0.3 is 14.8 Å². The summed E-state index contributed by atoms with van der Waals surface area (Å²) in [6.07, 6.45) is -1.000. The number of nitrogens with zero attached hydrogens (tertiary/aromatic N) is 2. The van der Waals surface area contributed by atoms with Crippen molar-refractivity contribution < 1.29 is 19.1 Å². The number of hydrogen-bond donors (Lipinski definition) is 1. The molecule has 8 heteroatoms. The maximum absolute atomic E-state index is 12.6. The molecule has 0 fully saturated rings. The Morgan fingerprint density at radius 2 is 1.85 bits per heavy atom. The number of hydrogen-bond acceptors (Lipinski definition) is 6. The molecule has 0 aliphatic heterocycles. The second-order valence-electron chi connectivity index (χ2n) is 6.61. The molecule has 0 aliphatic carbocycles. The Kier molecular flexibility index (Phi) is 7.06. The van der Waals surface area contributed by atoms with Crippen LogP contribution in [0.3, 0.4) is 0 Å². The Balaban J connectivity index is 2.31. The fourth-order valence-electron chi connectivity index (χ4n) is 2.55. The smallest absolute Gasteiger partial charge is 0.360 e. The van der Waals surface area contributed by atoms with Gasteiger partial charge in [0.05, 0.1) is 12.0 Å². The number of ether oxygens (including phenoxy) is 2. The maximum Gasteiger partial charge on any atom is 0.360 e. The van der Waals surface area contributed by atoms with Crippen LogP contribution in [0, 0.1) is 5.92 Å². The summed E-state index contributed by atoms with van der Waals surface area (Å²) < 4.78 is 11.4. The lowest BCUT2D eigenvalue weighted by Gasteiger charge is -2.15. The van der Waals surface area contributed by atoms with Gasteiger partial charge in [0.2, 0.25) is 0 Å². The van der Waals surface area contributed by atoms with Gasteiger partial charge in [0.25, 0.3) is 11.5 Å². The lowest BCUT2D eigenvalue weighted by atomic mass is 10.1. The third-order valence-electron chi connectivity index (χ3n) is 3.86. The molecule has 0 saturated carbocycles. The van der Waals surface area contributed by atoms with Crippen LogP contribution in [-0.2, 0) is 20.8 Å². The Labute approximate surface area is 157 Å². The molecule has 2 rings (SSSR count). The van der Waals surface area contributed by atoms with Crippen molar-refractivity contribution in [2.24, 2.45) is 5.92 Å². The number of fused-ring (bicyclic) bond motifs is 1. The van der Waals surface area contributed by atoms with Crippen LogP contribution < -0.4 is 10.9 Å². The molecule has 0 aliphatic rings. The minimum absolute atomic E-state index is 0.0161. The molecular weight excluding hydrogens is 350 g/mol. The number of carbonyl (C=O) groups is 2. The Hall–Kier alpha value is -2.74. The molecule has 0 spiro atoms. The predicted molar refractivity (Wildman–Crippen MR) is 101 cm³/mol. The van der Waals surface area contributed by atoms with Crippen molar-refractivity contribution in [1.29, 1.82) is 0 Å². The average molecular weight is 375 g/mol. The zero-order chi connectivity index (χ0) is 20.0. The van der Waals surface area contributed by atoms with Gasteiger partial charge in [-0.1, -0.05) is 32.0 Å². The van der Waals surface area contributed by atoms with Crippen LogP contribution in [0.15, 0.2) is 29.1 Å². The van der Waals surface area contributed by atoms with Gasteiger partial charge in [-0.25, -0.2) is 9.48 Å². The molecule has 0 bridgehead atoms. The van der Waals surface area contributed by atoms with Crippen molar-refractivity contribution in [3.05, 3.63) is 40.3 Å². The van der Waals surface area contributed by atoms with Gasteiger partial charge in [0.15, 0.2) is 11.8 Å². The molecular formula is C19H25N3O5. The molecule has 2 aromatic rings. The van der Waals surface area contributed by atoms with Crippen LogP contribution in [0.4, 0.5) is 0 Å². The van der Waals surface area contributed by atoms with Crippen molar-refractivity contribution in [3.63, 3.8) is 0 Å². The van der Waals surface area contributed by atoms with E-state index in [1.165, 1.54) is 18.7 Å². The molecule has 1 aromatic carbocycles. The van der Waals surface area contributed by atoms with E-state index in [0.29, 0.717) is 30.5 Å². The van der Waals surface area contributed by atoms with Crippen LogP contribution >= 0.6 is 0 Å². The standard InChI is InChI=1S/C19H25N3O5/c1-12(2)11-22-18(24)15-8-6-5-7-14(15)16(21-22)19(25)27-13(3)17(23)20-9-10-26-4/h5-8,12-13H,9-11H2,1-4H3,(H,20,23)/t13-/m1/s1. The fourth-order valence-corrected chi connectivity index (χ4v) is 2.55. The molecule has 27 heavy (non-hydrogen) atoms. The lowest BCUT2D eigenvalue weighted by molar-refractivity contribution is -0.129. The van der Waals surface area contributed by atoms with E-state index in [1.54, 1.807) is 24.3 Å². The van der Waals surface area contributed by atoms with E-state index >= 15 is 0 Å². The first-order chi connectivity index (χ1) is 12.8. The minimum atomic E-state index is -1.000. The van der Waals surface area contributed by atoms with Gasteiger partial charge in [0.1, 0.15) is 0 Å². The average Bonchev–Trinajstić information content (AvgIpc) is 2.63. The van der Waals surface area contributed by atoms with Gasteiger partial charge in [-0.2, -0.15) is 5.10 Å².